The molecule has 0 aromatic carbocycles. The molecule has 15 heteroatoms. The molecule has 2 fully saturated rings. The molecule has 3 amide bonds. The highest BCUT2D eigenvalue weighted by molar-refractivity contribution is 5.87. The van der Waals surface area contributed by atoms with E-state index in [4.69, 9.17) is 28.4 Å². The number of amides is 3. The van der Waals surface area contributed by atoms with Gasteiger partial charge < -0.3 is 49.7 Å². The first-order valence-corrected chi connectivity index (χ1v) is 22.4. The maximum Gasteiger partial charge on any atom is 0.407 e. The van der Waals surface area contributed by atoms with Gasteiger partial charge in [-0.1, -0.05) is 75.8 Å². The lowest BCUT2D eigenvalue weighted by molar-refractivity contribution is -0.156. The molecule has 2 aliphatic carbocycles. The second-order valence-electron chi connectivity index (χ2n) is 20.5. The zero-order valence-electron chi connectivity index (χ0n) is 39.9. The highest BCUT2D eigenvalue weighted by Gasteiger charge is 2.44. The van der Waals surface area contributed by atoms with Crippen LogP contribution in [-0.2, 0) is 42.8 Å². The molecule has 0 spiro atoms. The summed E-state index contributed by atoms with van der Waals surface area (Å²) in [5, 5.41) is 12.8. The third-order valence-electron chi connectivity index (χ3n) is 11.7. The van der Waals surface area contributed by atoms with E-state index in [9.17, 15) is 24.0 Å². The molecule has 4 N–H and O–H groups in total. The first-order valence-electron chi connectivity index (χ1n) is 22.4. The number of ether oxygens (including phenoxy) is 6. The summed E-state index contributed by atoms with van der Waals surface area (Å²) in [6, 6.07) is -0.188. The van der Waals surface area contributed by atoms with E-state index in [-0.39, 0.29) is 102 Å². The third-order valence-corrected chi connectivity index (χ3v) is 11.7. The van der Waals surface area contributed by atoms with Gasteiger partial charge in [0.2, 0.25) is 0 Å². The van der Waals surface area contributed by atoms with Gasteiger partial charge in [-0.25, -0.2) is 14.4 Å². The van der Waals surface area contributed by atoms with Crippen LogP contribution in [0.2, 0.25) is 0 Å². The molecule has 2 aliphatic rings. The van der Waals surface area contributed by atoms with Crippen LogP contribution in [0.5, 0.6) is 0 Å². The first kappa shape index (κ1) is 53.7. The van der Waals surface area contributed by atoms with Crippen LogP contribution >= 0.6 is 0 Å². The summed E-state index contributed by atoms with van der Waals surface area (Å²) in [6.07, 6.45) is 4.66. The number of esters is 2. The summed E-state index contributed by atoms with van der Waals surface area (Å²) >= 11 is 0. The Morgan fingerprint density at radius 1 is 0.738 bits per heavy atom. The Kier molecular flexibility index (Phi) is 21.0. The summed E-state index contributed by atoms with van der Waals surface area (Å²) in [7, 11) is 0. The van der Waals surface area contributed by atoms with Crippen LogP contribution in [0.1, 0.15) is 141 Å². The smallest absolute Gasteiger partial charge is 0.407 e. The van der Waals surface area contributed by atoms with E-state index >= 15 is 0 Å². The fraction of sp³-hybridized carbons (Fsp3) is 0.848. The van der Waals surface area contributed by atoms with Gasteiger partial charge >= 0.3 is 24.1 Å². The van der Waals surface area contributed by atoms with Gasteiger partial charge in [0.15, 0.2) is 0 Å². The number of carbonyl (C=O) groups is 5. The SMILES string of the molecule is C=C(C)C(=O)OCCOC(=O)NC1CC(C)(C)CC(C)(CNCC(CC)OC(C)COC(=O)NCC2(C)CC(NC(=O)C(C)(CC)OCCOC(=O)C(C)C)CC(C)(C)C2)C1. The molecule has 0 saturated heterocycles. The molecule has 7 unspecified atom stereocenters. The lowest BCUT2D eigenvalue weighted by Crippen LogP contribution is -2.55. The summed E-state index contributed by atoms with van der Waals surface area (Å²) in [4.78, 5) is 62.4. The van der Waals surface area contributed by atoms with Crippen LogP contribution < -0.4 is 21.3 Å². The molecule has 0 radical (unpaired) electrons. The third kappa shape index (κ3) is 19.7. The van der Waals surface area contributed by atoms with Crippen molar-refractivity contribution in [1.82, 2.24) is 21.3 Å². The molecule has 352 valence electrons. The Balaban J connectivity index is 1.81. The molecule has 2 rings (SSSR count). The van der Waals surface area contributed by atoms with Gasteiger partial charge in [-0.15, -0.1) is 0 Å². The summed E-state index contributed by atoms with van der Waals surface area (Å²) in [6.45, 7) is 31.4. The van der Waals surface area contributed by atoms with Crippen molar-refractivity contribution in [3.63, 3.8) is 0 Å². The number of carbonyl (C=O) groups excluding carboxylic acids is 5. The predicted octanol–water partition coefficient (Wildman–Crippen LogP) is 7.00. The number of hydrogen-bond acceptors (Lipinski definition) is 12. The van der Waals surface area contributed by atoms with E-state index in [0.717, 1.165) is 45.1 Å². The van der Waals surface area contributed by atoms with E-state index in [1.165, 1.54) is 0 Å². The van der Waals surface area contributed by atoms with E-state index in [1.54, 1.807) is 27.7 Å². The van der Waals surface area contributed by atoms with Crippen molar-refractivity contribution in [3.8, 4) is 0 Å². The summed E-state index contributed by atoms with van der Waals surface area (Å²) < 4.78 is 33.4. The van der Waals surface area contributed by atoms with Crippen molar-refractivity contribution >= 4 is 30.0 Å². The molecular weight excluding hydrogens is 785 g/mol. The highest BCUT2D eigenvalue weighted by Crippen LogP contribution is 2.47. The zero-order valence-corrected chi connectivity index (χ0v) is 39.9. The van der Waals surface area contributed by atoms with Crippen LogP contribution in [0, 0.1) is 27.6 Å². The van der Waals surface area contributed by atoms with Crippen molar-refractivity contribution in [1.29, 1.82) is 0 Å². The second kappa shape index (κ2) is 23.9. The van der Waals surface area contributed by atoms with Crippen molar-refractivity contribution in [2.45, 2.75) is 171 Å². The highest BCUT2D eigenvalue weighted by atomic mass is 16.6. The van der Waals surface area contributed by atoms with Crippen molar-refractivity contribution < 1.29 is 52.4 Å². The molecule has 0 heterocycles. The average molecular weight is 867 g/mol. The molecule has 15 nitrogen and oxygen atoms in total. The largest absolute Gasteiger partial charge is 0.463 e. The molecule has 0 aromatic rings. The van der Waals surface area contributed by atoms with Gasteiger partial charge in [-0.05, 0) is 93.8 Å². The van der Waals surface area contributed by atoms with E-state index in [1.807, 2.05) is 13.8 Å². The number of hydrogen-bond donors (Lipinski definition) is 4. The van der Waals surface area contributed by atoms with Crippen LogP contribution in [0.4, 0.5) is 9.59 Å². The van der Waals surface area contributed by atoms with Crippen LogP contribution in [-0.4, -0.2) is 113 Å². The molecule has 0 aromatic heterocycles. The minimum absolute atomic E-state index is 0.000984. The zero-order chi connectivity index (χ0) is 46.2. The maximum absolute atomic E-state index is 13.5. The topological polar surface area (TPSA) is 189 Å². The van der Waals surface area contributed by atoms with Crippen LogP contribution in [0.3, 0.4) is 0 Å². The van der Waals surface area contributed by atoms with Gasteiger partial charge in [-0.2, -0.15) is 0 Å². The minimum Gasteiger partial charge on any atom is -0.463 e. The minimum atomic E-state index is -1.07. The number of rotatable bonds is 24. The van der Waals surface area contributed by atoms with E-state index < -0.39 is 23.8 Å². The lowest BCUT2D eigenvalue weighted by Gasteiger charge is -2.47. The monoisotopic (exact) mass is 867 g/mol. The Labute approximate surface area is 366 Å². The quantitative estimate of drug-likeness (QED) is 0.0337. The Morgan fingerprint density at radius 3 is 1.85 bits per heavy atom. The summed E-state index contributed by atoms with van der Waals surface area (Å²) in [5.41, 5.74) is -1.25. The van der Waals surface area contributed by atoms with Gasteiger partial charge in [0, 0.05) is 37.3 Å². The standard InChI is InChI=1S/C46H82N4O11/c1-15-36(25-47-29-44(12)24-35(22-43(10,11)27-44)50-41(55)58-18-17-56-37(51)31(3)4)61-33(7)26-59-40(54)48-30-45(13)23-34(21-42(8,9)28-45)49-39(53)46(14,16-2)60-20-19-57-38(52)32(5)6/h32-36,47H,3,15-30H2,1-2,4-14H3,(H,48,54)(H,49,53)(H,50,55). The lowest BCUT2D eigenvalue weighted by atomic mass is 9.62. The van der Waals surface area contributed by atoms with Crippen molar-refractivity contribution in [2.24, 2.45) is 27.6 Å². The number of alkyl carbamates (subject to hydrolysis) is 2. The molecular formula is C46H82N4O11. The Hall–Kier alpha value is -3.43. The molecule has 0 aliphatic heterocycles. The normalized spacial score (nSPS) is 25.2. The second-order valence-corrected chi connectivity index (χ2v) is 20.5. The first-order chi connectivity index (χ1) is 28.2. The predicted molar refractivity (Wildman–Crippen MR) is 235 cm³/mol. The van der Waals surface area contributed by atoms with Crippen molar-refractivity contribution in [3.05, 3.63) is 12.2 Å². The molecule has 2 saturated carbocycles. The fourth-order valence-corrected chi connectivity index (χ4v) is 9.30. The van der Waals surface area contributed by atoms with Gasteiger partial charge in [0.1, 0.15) is 32.0 Å². The van der Waals surface area contributed by atoms with Crippen LogP contribution in [0.15, 0.2) is 12.2 Å². The van der Waals surface area contributed by atoms with Gasteiger partial charge in [0.05, 0.1) is 24.7 Å². The Bertz CT molecular complexity index is 1470. The van der Waals surface area contributed by atoms with Gasteiger partial charge in [-0.3, -0.25) is 9.59 Å². The average Bonchev–Trinajstić information content (AvgIpc) is 3.13. The van der Waals surface area contributed by atoms with Gasteiger partial charge in [0.25, 0.3) is 5.91 Å². The number of nitrogens with one attached hydrogen (secondary N) is 4. The maximum atomic E-state index is 13.5. The summed E-state index contributed by atoms with van der Waals surface area (Å²) in [5.74, 6) is -1.26. The van der Waals surface area contributed by atoms with E-state index in [2.05, 4.69) is 76.3 Å². The molecule has 0 bridgehead atoms. The molecule has 61 heavy (non-hydrogen) atoms. The van der Waals surface area contributed by atoms with Crippen molar-refractivity contribution in [2.75, 3.05) is 52.7 Å². The Morgan fingerprint density at radius 2 is 1.30 bits per heavy atom. The van der Waals surface area contributed by atoms with Crippen LogP contribution in [0.25, 0.3) is 0 Å². The van der Waals surface area contributed by atoms with E-state index in [0.29, 0.717) is 25.9 Å². The fourth-order valence-electron chi connectivity index (χ4n) is 9.30. The molecule has 7 atom stereocenters.